The van der Waals surface area contributed by atoms with Crippen molar-refractivity contribution in [1.82, 2.24) is 0 Å². The molecule has 22 heavy (non-hydrogen) atoms. The van der Waals surface area contributed by atoms with E-state index in [0.717, 1.165) is 25.4 Å². The Bertz CT molecular complexity index is 239. The van der Waals surface area contributed by atoms with Crippen molar-refractivity contribution in [3.63, 3.8) is 0 Å². The van der Waals surface area contributed by atoms with E-state index in [2.05, 4.69) is 38.2 Å². The monoisotopic (exact) mass is 308 g/mol. The Labute approximate surface area is 138 Å². The van der Waals surface area contributed by atoms with Gasteiger partial charge in [-0.05, 0) is 38.5 Å². The second-order valence-electron chi connectivity index (χ2n) is 5.42. The van der Waals surface area contributed by atoms with Crippen LogP contribution in [0.4, 0.5) is 0 Å². The van der Waals surface area contributed by atoms with E-state index in [1.807, 2.05) is 0 Å². The van der Waals surface area contributed by atoms with Crippen LogP contribution in [0.5, 0.6) is 0 Å². The minimum atomic E-state index is 0.671. The van der Waals surface area contributed by atoms with Gasteiger partial charge in [-0.25, -0.2) is 0 Å². The van der Waals surface area contributed by atoms with Crippen LogP contribution in [-0.2, 0) is 9.59 Å². The van der Waals surface area contributed by atoms with E-state index in [1.54, 1.807) is 0 Å². The summed E-state index contributed by atoms with van der Waals surface area (Å²) in [6.07, 6.45) is 23.8. The quantitative estimate of drug-likeness (QED) is 0.217. The Balaban J connectivity index is 0. The molecule has 0 bridgehead atoms. The summed E-state index contributed by atoms with van der Waals surface area (Å²) in [6.45, 7) is 4.41. The van der Waals surface area contributed by atoms with Gasteiger partial charge in [-0.1, -0.05) is 63.8 Å². The fourth-order valence-electron chi connectivity index (χ4n) is 1.82. The topological polar surface area (TPSA) is 34.1 Å². The van der Waals surface area contributed by atoms with Crippen molar-refractivity contribution >= 4 is 12.6 Å². The third-order valence-corrected chi connectivity index (χ3v) is 3.18. The van der Waals surface area contributed by atoms with Crippen LogP contribution in [-0.4, -0.2) is 12.6 Å². The molecule has 0 spiro atoms. The number of hydrogen-bond acceptors (Lipinski definition) is 2. The second-order valence-corrected chi connectivity index (χ2v) is 5.42. The molecule has 0 aliphatic carbocycles. The van der Waals surface area contributed by atoms with Gasteiger partial charge in [0.15, 0.2) is 0 Å². The summed E-state index contributed by atoms with van der Waals surface area (Å²) in [5.74, 6) is 0. The van der Waals surface area contributed by atoms with Crippen molar-refractivity contribution in [2.45, 2.75) is 90.9 Å². The third-order valence-electron chi connectivity index (χ3n) is 3.18. The van der Waals surface area contributed by atoms with Crippen LogP contribution in [0.1, 0.15) is 90.9 Å². The van der Waals surface area contributed by atoms with Gasteiger partial charge in [-0.15, -0.1) is 0 Å². The summed E-state index contributed by atoms with van der Waals surface area (Å²) in [4.78, 5) is 19.8. The summed E-state index contributed by atoms with van der Waals surface area (Å²) >= 11 is 0. The Morgan fingerprint density at radius 2 is 0.864 bits per heavy atom. The van der Waals surface area contributed by atoms with Crippen molar-refractivity contribution in [2.75, 3.05) is 0 Å². The van der Waals surface area contributed by atoms with Crippen molar-refractivity contribution in [3.8, 4) is 0 Å². The number of hydrogen-bond donors (Lipinski definition) is 0. The first-order chi connectivity index (χ1) is 10.8. The predicted molar refractivity (Wildman–Crippen MR) is 97.2 cm³/mol. The van der Waals surface area contributed by atoms with Crippen molar-refractivity contribution < 1.29 is 9.59 Å². The zero-order valence-corrected chi connectivity index (χ0v) is 14.8. The Morgan fingerprint density at radius 1 is 0.500 bits per heavy atom. The zero-order valence-electron chi connectivity index (χ0n) is 14.8. The van der Waals surface area contributed by atoms with E-state index >= 15 is 0 Å². The number of aldehydes is 2. The van der Waals surface area contributed by atoms with Crippen LogP contribution in [0.25, 0.3) is 0 Å². The molecule has 0 unspecified atom stereocenters. The molecule has 128 valence electrons. The Morgan fingerprint density at radius 3 is 1.18 bits per heavy atom. The molecule has 0 rings (SSSR count). The maximum Gasteiger partial charge on any atom is 0.120 e. The van der Waals surface area contributed by atoms with Gasteiger partial charge in [0.05, 0.1) is 0 Å². The summed E-state index contributed by atoms with van der Waals surface area (Å²) in [5.41, 5.74) is 0. The Hall–Kier alpha value is -1.18. The van der Waals surface area contributed by atoms with Crippen molar-refractivity contribution in [1.29, 1.82) is 0 Å². The second kappa shape index (κ2) is 24.8. The molecule has 0 aromatic rings. The third kappa shape index (κ3) is 27.2. The van der Waals surface area contributed by atoms with Crippen LogP contribution >= 0.6 is 0 Å². The van der Waals surface area contributed by atoms with Crippen molar-refractivity contribution in [2.24, 2.45) is 0 Å². The lowest BCUT2D eigenvalue weighted by Crippen LogP contribution is -1.73. The maximum absolute atomic E-state index is 9.91. The minimum Gasteiger partial charge on any atom is -0.303 e. The van der Waals surface area contributed by atoms with E-state index < -0.39 is 0 Å². The molecule has 0 fully saturated rings. The number of rotatable bonds is 14. The van der Waals surface area contributed by atoms with Gasteiger partial charge >= 0.3 is 0 Å². The molecular formula is C20H36O2. The summed E-state index contributed by atoms with van der Waals surface area (Å²) < 4.78 is 0. The highest BCUT2D eigenvalue weighted by atomic mass is 16.1. The van der Waals surface area contributed by atoms with Crippen molar-refractivity contribution in [3.05, 3.63) is 24.3 Å². The van der Waals surface area contributed by atoms with Crippen LogP contribution < -0.4 is 0 Å². The van der Waals surface area contributed by atoms with Gasteiger partial charge < -0.3 is 9.59 Å². The highest BCUT2D eigenvalue weighted by Crippen LogP contribution is 2.01. The SMILES string of the molecule is CCCCC/C=C/CCC=O.CCCCC/C=C/CCC=O. The first kappa shape index (κ1) is 23.1. The van der Waals surface area contributed by atoms with Gasteiger partial charge in [-0.3, -0.25) is 0 Å². The van der Waals surface area contributed by atoms with Gasteiger partial charge in [0.2, 0.25) is 0 Å². The summed E-state index contributed by atoms with van der Waals surface area (Å²) in [5, 5.41) is 0. The predicted octanol–water partition coefficient (Wildman–Crippen LogP) is 6.20. The Kier molecular flexibility index (Phi) is 26.0. The maximum atomic E-state index is 9.91. The van der Waals surface area contributed by atoms with Crippen LogP contribution in [0.15, 0.2) is 24.3 Å². The fraction of sp³-hybridized carbons (Fsp3) is 0.700. The standard InChI is InChI=1S/2C10H18O/c2*1-2-3-4-5-6-7-8-9-10-11/h2*6-7,10H,2-5,8-9H2,1H3/b2*7-6+. The number of allylic oxidation sites excluding steroid dienone is 4. The first-order valence-corrected chi connectivity index (χ1v) is 9.00. The van der Waals surface area contributed by atoms with E-state index in [4.69, 9.17) is 0 Å². The molecule has 0 heterocycles. The molecule has 0 aromatic carbocycles. The molecule has 2 heteroatoms. The van der Waals surface area contributed by atoms with Crippen LogP contribution in [0.3, 0.4) is 0 Å². The first-order valence-electron chi connectivity index (χ1n) is 9.00. The molecule has 0 N–H and O–H groups in total. The number of carbonyl (C=O) groups is 2. The minimum absolute atomic E-state index is 0.671. The fourth-order valence-corrected chi connectivity index (χ4v) is 1.82. The van der Waals surface area contributed by atoms with E-state index in [0.29, 0.717) is 12.8 Å². The molecule has 0 amide bonds. The molecule has 0 aliphatic rings. The normalized spacial score (nSPS) is 10.6. The van der Waals surface area contributed by atoms with Gasteiger partial charge in [0, 0.05) is 12.8 Å². The number of unbranched alkanes of at least 4 members (excludes halogenated alkanes) is 8. The van der Waals surface area contributed by atoms with E-state index in [-0.39, 0.29) is 0 Å². The smallest absolute Gasteiger partial charge is 0.120 e. The molecular weight excluding hydrogens is 272 g/mol. The lowest BCUT2D eigenvalue weighted by Gasteiger charge is -1.90. The molecule has 0 aromatic heterocycles. The average molecular weight is 309 g/mol. The summed E-state index contributed by atoms with van der Waals surface area (Å²) in [7, 11) is 0. The largest absolute Gasteiger partial charge is 0.303 e. The average Bonchev–Trinajstić information content (AvgIpc) is 2.54. The lowest BCUT2D eigenvalue weighted by atomic mass is 10.2. The van der Waals surface area contributed by atoms with E-state index in [9.17, 15) is 9.59 Å². The molecule has 0 saturated carbocycles. The molecule has 2 nitrogen and oxygen atoms in total. The molecule has 0 radical (unpaired) electrons. The van der Waals surface area contributed by atoms with E-state index in [1.165, 1.54) is 51.4 Å². The summed E-state index contributed by atoms with van der Waals surface area (Å²) in [6, 6.07) is 0. The van der Waals surface area contributed by atoms with Gasteiger partial charge in [0.25, 0.3) is 0 Å². The molecule has 0 atom stereocenters. The lowest BCUT2D eigenvalue weighted by molar-refractivity contribution is -0.108. The highest BCUT2D eigenvalue weighted by molar-refractivity contribution is 5.49. The molecule has 0 saturated heterocycles. The highest BCUT2D eigenvalue weighted by Gasteiger charge is 1.82. The van der Waals surface area contributed by atoms with Crippen LogP contribution in [0, 0.1) is 0 Å². The molecule has 0 aliphatic heterocycles. The number of carbonyl (C=O) groups excluding carboxylic acids is 2. The zero-order chi connectivity index (χ0) is 16.7. The van der Waals surface area contributed by atoms with Gasteiger partial charge in [0.1, 0.15) is 12.6 Å². The van der Waals surface area contributed by atoms with Gasteiger partial charge in [-0.2, -0.15) is 0 Å². The van der Waals surface area contributed by atoms with Crippen LogP contribution in [0.2, 0.25) is 0 Å².